The average Bonchev–Trinajstić information content (AvgIpc) is 2.14. The van der Waals surface area contributed by atoms with E-state index in [1.54, 1.807) is 18.5 Å². The smallest absolute Gasteiger partial charge is 0.0511 e. The molecule has 0 aliphatic carbocycles. The molecule has 38 valence electrons. The lowest BCUT2D eigenvalue weighted by Crippen LogP contribution is -2.08. The number of hydrogen-bond acceptors (Lipinski definition) is 3. The van der Waals surface area contributed by atoms with E-state index < -0.39 is 0 Å². The van der Waals surface area contributed by atoms with Crippen molar-refractivity contribution in [1.82, 2.24) is 9.89 Å². The minimum absolute atomic E-state index is 1.18. The predicted octanol–water partition coefficient (Wildman–Crippen LogP) is -0.184. The van der Waals surface area contributed by atoms with Crippen LogP contribution in [-0.4, -0.2) is 15.1 Å². The van der Waals surface area contributed by atoms with Gasteiger partial charge in [-0.15, -0.1) is 0 Å². The van der Waals surface area contributed by atoms with Gasteiger partial charge in [0.15, 0.2) is 0 Å². The van der Waals surface area contributed by atoms with Gasteiger partial charge in [0, 0.05) is 0 Å². The molecule has 1 aromatic rings. The lowest BCUT2D eigenvalue weighted by Gasteiger charge is -1.90. The van der Waals surface area contributed by atoms with Gasteiger partial charge in [0.05, 0.1) is 12.4 Å². The maximum atomic E-state index is 8.08. The molecule has 0 saturated heterocycles. The number of aromatic nitrogens is 2. The van der Waals surface area contributed by atoms with Crippen LogP contribution < -0.4 is 5.59 Å². The first-order chi connectivity index (χ1) is 3.43. The molecule has 0 aliphatic rings. The molecule has 0 amide bonds. The van der Waals surface area contributed by atoms with Crippen LogP contribution in [0.4, 0.5) is 0 Å². The molecular weight excluding hydrogens is 94.1 g/mol. The third-order valence-electron chi connectivity index (χ3n) is 0.607. The van der Waals surface area contributed by atoms with Crippen LogP contribution in [0.3, 0.4) is 0 Å². The second-order valence-corrected chi connectivity index (χ2v) is 1.05. The van der Waals surface area contributed by atoms with Crippen molar-refractivity contribution in [1.29, 1.82) is 0 Å². The fourth-order valence-corrected chi connectivity index (χ4v) is 0.328. The maximum absolute atomic E-state index is 8.08. The molecule has 0 aliphatic heterocycles. The highest BCUT2D eigenvalue weighted by Crippen LogP contribution is 1.74. The Bertz CT molecular complexity index is 125. The first-order valence-corrected chi connectivity index (χ1v) is 1.83. The van der Waals surface area contributed by atoms with Gasteiger partial charge in [0.1, 0.15) is 0 Å². The normalized spacial score (nSPS) is 8.71. The van der Waals surface area contributed by atoms with Crippen molar-refractivity contribution in [3.63, 3.8) is 0 Å². The summed E-state index contributed by atoms with van der Waals surface area (Å²) in [4.78, 5) is 1.18. The molecule has 0 atom stereocenters. The highest BCUT2D eigenvalue weighted by molar-refractivity contribution is 4.77. The third kappa shape index (κ3) is 0.690. The fourth-order valence-electron chi connectivity index (χ4n) is 0.328. The maximum Gasteiger partial charge on any atom is 0.0511 e. The molecule has 0 radical (unpaired) electrons. The summed E-state index contributed by atoms with van der Waals surface area (Å²) in [6.45, 7) is 0. The minimum atomic E-state index is 1.18. The predicted molar refractivity (Wildman–Crippen MR) is 23.4 cm³/mol. The summed E-state index contributed by atoms with van der Waals surface area (Å²) in [5.41, 5.74) is 1.81. The van der Waals surface area contributed by atoms with E-state index in [9.17, 15) is 0 Å². The van der Waals surface area contributed by atoms with Crippen LogP contribution in [0.15, 0.2) is 18.5 Å². The number of nitrogens with zero attached hydrogens (tertiary/aromatic N) is 2. The Morgan fingerprint density at radius 3 is 2.86 bits per heavy atom. The topological polar surface area (TPSA) is 50.1 Å². The van der Waals surface area contributed by atoms with Crippen LogP contribution in [-0.2, 0) is 0 Å². The molecule has 0 fully saturated rings. The zero-order valence-electron chi connectivity index (χ0n) is 3.57. The molecule has 4 heteroatoms. The zero-order valence-corrected chi connectivity index (χ0v) is 3.57. The molecule has 1 heterocycles. The Balaban J connectivity index is 2.76. The second-order valence-electron chi connectivity index (χ2n) is 1.05. The second kappa shape index (κ2) is 1.61. The summed E-state index contributed by atoms with van der Waals surface area (Å²) in [6, 6.07) is 1.70. The standard InChI is InChI=1S/C3H5N3O/c7-5-6-3-1-2-4-6/h1-3,5,7H. The van der Waals surface area contributed by atoms with Gasteiger partial charge in [-0.05, 0) is 6.07 Å². The van der Waals surface area contributed by atoms with Gasteiger partial charge in [0.2, 0.25) is 0 Å². The molecular formula is C3H5N3O. The lowest BCUT2D eigenvalue weighted by atomic mass is 10.8. The van der Waals surface area contributed by atoms with Crippen LogP contribution in [0.25, 0.3) is 0 Å². The summed E-state index contributed by atoms with van der Waals surface area (Å²) in [5.74, 6) is 0. The summed E-state index contributed by atoms with van der Waals surface area (Å²) < 4.78 is 0. The fraction of sp³-hybridized carbons (Fsp3) is 0. The first-order valence-electron chi connectivity index (χ1n) is 1.83. The zero-order chi connectivity index (χ0) is 5.11. The van der Waals surface area contributed by atoms with E-state index in [1.807, 2.05) is 5.59 Å². The molecule has 0 unspecified atom stereocenters. The third-order valence-corrected chi connectivity index (χ3v) is 0.607. The molecule has 1 rings (SSSR count). The van der Waals surface area contributed by atoms with E-state index in [4.69, 9.17) is 5.21 Å². The molecule has 0 spiro atoms. The molecule has 0 saturated carbocycles. The SMILES string of the molecule is ONn1cccn1. The Labute approximate surface area is 40.3 Å². The van der Waals surface area contributed by atoms with E-state index in [0.717, 1.165) is 0 Å². The first kappa shape index (κ1) is 4.14. The monoisotopic (exact) mass is 99.0 g/mol. The highest BCUT2D eigenvalue weighted by atomic mass is 16.5. The van der Waals surface area contributed by atoms with Crippen molar-refractivity contribution in [2.75, 3.05) is 5.59 Å². The van der Waals surface area contributed by atoms with Crippen molar-refractivity contribution in [2.24, 2.45) is 0 Å². The lowest BCUT2D eigenvalue weighted by molar-refractivity contribution is 0.302. The van der Waals surface area contributed by atoms with Gasteiger partial charge < -0.3 is 0 Å². The van der Waals surface area contributed by atoms with Crippen molar-refractivity contribution < 1.29 is 5.21 Å². The van der Waals surface area contributed by atoms with Gasteiger partial charge >= 0.3 is 0 Å². The molecule has 2 N–H and O–H groups in total. The van der Waals surface area contributed by atoms with Crippen LogP contribution in [0.5, 0.6) is 0 Å². The van der Waals surface area contributed by atoms with E-state index in [-0.39, 0.29) is 0 Å². The Morgan fingerprint density at radius 2 is 2.57 bits per heavy atom. The quantitative estimate of drug-likeness (QED) is 0.480. The van der Waals surface area contributed by atoms with Crippen molar-refractivity contribution >= 4 is 0 Å². The van der Waals surface area contributed by atoms with Crippen LogP contribution in [0.2, 0.25) is 0 Å². The van der Waals surface area contributed by atoms with Gasteiger partial charge in [0.25, 0.3) is 0 Å². The molecule has 1 aromatic heterocycles. The molecule has 7 heavy (non-hydrogen) atoms. The Morgan fingerprint density at radius 1 is 1.71 bits per heavy atom. The van der Waals surface area contributed by atoms with Gasteiger partial charge in [-0.3, -0.25) is 5.21 Å². The van der Waals surface area contributed by atoms with Crippen molar-refractivity contribution in [2.45, 2.75) is 0 Å². The summed E-state index contributed by atoms with van der Waals surface area (Å²) in [6.07, 6.45) is 3.14. The van der Waals surface area contributed by atoms with Crippen molar-refractivity contribution in [3.05, 3.63) is 18.5 Å². The van der Waals surface area contributed by atoms with Crippen LogP contribution in [0, 0.1) is 0 Å². The largest absolute Gasteiger partial charge is 0.274 e. The summed E-state index contributed by atoms with van der Waals surface area (Å²) >= 11 is 0. The van der Waals surface area contributed by atoms with Gasteiger partial charge in [-0.1, -0.05) is 0 Å². The van der Waals surface area contributed by atoms with E-state index in [0.29, 0.717) is 0 Å². The molecule has 4 nitrogen and oxygen atoms in total. The average molecular weight is 99.1 g/mol. The minimum Gasteiger partial charge on any atom is -0.274 e. The van der Waals surface area contributed by atoms with Crippen LogP contribution in [0.1, 0.15) is 0 Å². The van der Waals surface area contributed by atoms with E-state index in [1.165, 1.54) is 4.79 Å². The Kier molecular flexibility index (Phi) is 0.953. The molecule has 0 bridgehead atoms. The number of hydrogen-bond donors (Lipinski definition) is 2. The number of rotatable bonds is 1. The van der Waals surface area contributed by atoms with E-state index >= 15 is 0 Å². The summed E-state index contributed by atoms with van der Waals surface area (Å²) in [5, 5.41) is 11.7. The Hall–Kier alpha value is -1.03. The summed E-state index contributed by atoms with van der Waals surface area (Å²) in [7, 11) is 0. The van der Waals surface area contributed by atoms with Gasteiger partial charge in [-0.2, -0.15) is 15.5 Å². The molecule has 0 aromatic carbocycles. The number of nitrogens with one attached hydrogen (secondary N) is 1. The van der Waals surface area contributed by atoms with Gasteiger partial charge in [-0.25, -0.2) is 0 Å². The van der Waals surface area contributed by atoms with E-state index in [2.05, 4.69) is 5.10 Å². The highest BCUT2D eigenvalue weighted by Gasteiger charge is 1.76. The van der Waals surface area contributed by atoms with Crippen LogP contribution >= 0.6 is 0 Å². The van der Waals surface area contributed by atoms with Crippen molar-refractivity contribution in [3.8, 4) is 0 Å².